The molecule has 1 aliphatic rings. The highest BCUT2D eigenvalue weighted by atomic mass is 14.9. The van der Waals surface area contributed by atoms with Crippen LogP contribution in [0.25, 0.3) is 0 Å². The highest BCUT2D eigenvalue weighted by molar-refractivity contribution is 5.27. The van der Waals surface area contributed by atoms with Gasteiger partial charge in [0, 0.05) is 12.6 Å². The van der Waals surface area contributed by atoms with Gasteiger partial charge in [-0.15, -0.1) is 0 Å². The van der Waals surface area contributed by atoms with Crippen molar-refractivity contribution < 1.29 is 0 Å². The van der Waals surface area contributed by atoms with E-state index in [4.69, 9.17) is 5.73 Å². The summed E-state index contributed by atoms with van der Waals surface area (Å²) in [5.41, 5.74) is 8.50. The molecule has 0 bridgehead atoms. The van der Waals surface area contributed by atoms with Crippen molar-refractivity contribution in [3.63, 3.8) is 0 Å². The van der Waals surface area contributed by atoms with E-state index >= 15 is 0 Å². The molecule has 100 valence electrons. The van der Waals surface area contributed by atoms with Crippen LogP contribution in [-0.4, -0.2) is 12.6 Å². The molecule has 0 amide bonds. The summed E-state index contributed by atoms with van der Waals surface area (Å²) in [5.74, 6) is 0. The summed E-state index contributed by atoms with van der Waals surface area (Å²) < 4.78 is 0. The van der Waals surface area contributed by atoms with Crippen LogP contribution in [0.5, 0.6) is 0 Å². The Hall–Kier alpha value is -0.860. The van der Waals surface area contributed by atoms with Gasteiger partial charge in [-0.2, -0.15) is 0 Å². The largest absolute Gasteiger partial charge is 0.330 e. The highest BCUT2D eigenvalue weighted by Crippen LogP contribution is 2.18. The van der Waals surface area contributed by atoms with Crippen molar-refractivity contribution in [2.75, 3.05) is 6.54 Å². The Morgan fingerprint density at radius 2 is 1.67 bits per heavy atom. The molecule has 0 spiro atoms. The molecular weight excluding hydrogens is 220 g/mol. The molecule has 0 aliphatic heterocycles. The molecule has 0 unspecified atom stereocenters. The summed E-state index contributed by atoms with van der Waals surface area (Å²) in [6.45, 7) is 1.74. The molecule has 2 rings (SSSR count). The third-order valence-corrected chi connectivity index (χ3v) is 3.97. The van der Waals surface area contributed by atoms with Gasteiger partial charge in [-0.25, -0.2) is 0 Å². The fraction of sp³-hybridized carbons (Fsp3) is 0.625. The van der Waals surface area contributed by atoms with E-state index < -0.39 is 0 Å². The minimum absolute atomic E-state index is 0.721. The summed E-state index contributed by atoms with van der Waals surface area (Å²) in [6, 6.07) is 9.40. The number of rotatable bonds is 5. The van der Waals surface area contributed by atoms with Gasteiger partial charge in [-0.1, -0.05) is 49.9 Å². The van der Waals surface area contributed by atoms with Crippen LogP contribution in [0.1, 0.15) is 49.7 Å². The molecular formula is C16H26N2. The first kappa shape index (κ1) is 13.6. The fourth-order valence-electron chi connectivity index (χ4n) is 2.87. The van der Waals surface area contributed by atoms with Crippen LogP contribution in [0.4, 0.5) is 0 Å². The third kappa shape index (κ3) is 4.11. The number of nitrogens with two attached hydrogens (primary N) is 1. The second-order valence-corrected chi connectivity index (χ2v) is 5.38. The van der Waals surface area contributed by atoms with Crippen molar-refractivity contribution in [3.8, 4) is 0 Å². The van der Waals surface area contributed by atoms with E-state index in [0.717, 1.165) is 25.6 Å². The summed E-state index contributed by atoms with van der Waals surface area (Å²) in [7, 11) is 0. The SMILES string of the molecule is NCCc1ccccc1CNC1CCCCCC1. The quantitative estimate of drug-likeness (QED) is 0.784. The zero-order valence-electron chi connectivity index (χ0n) is 11.3. The van der Waals surface area contributed by atoms with Crippen molar-refractivity contribution in [2.24, 2.45) is 5.73 Å². The second kappa shape index (κ2) is 7.55. The van der Waals surface area contributed by atoms with Crippen LogP contribution in [0.2, 0.25) is 0 Å². The Balaban J connectivity index is 1.88. The molecule has 2 nitrogen and oxygen atoms in total. The molecule has 0 heterocycles. The zero-order chi connectivity index (χ0) is 12.6. The van der Waals surface area contributed by atoms with Crippen LogP contribution in [0.15, 0.2) is 24.3 Å². The number of nitrogens with one attached hydrogen (secondary N) is 1. The van der Waals surface area contributed by atoms with E-state index in [2.05, 4.69) is 29.6 Å². The van der Waals surface area contributed by atoms with Gasteiger partial charge in [0.2, 0.25) is 0 Å². The van der Waals surface area contributed by atoms with Crippen LogP contribution in [-0.2, 0) is 13.0 Å². The first-order valence-corrected chi connectivity index (χ1v) is 7.40. The van der Waals surface area contributed by atoms with Gasteiger partial charge in [0.15, 0.2) is 0 Å². The first-order valence-electron chi connectivity index (χ1n) is 7.40. The normalized spacial score (nSPS) is 17.6. The molecule has 0 atom stereocenters. The molecule has 1 aliphatic carbocycles. The van der Waals surface area contributed by atoms with Crippen molar-refractivity contribution in [2.45, 2.75) is 57.5 Å². The summed E-state index contributed by atoms with van der Waals surface area (Å²) in [6.07, 6.45) is 9.30. The lowest BCUT2D eigenvalue weighted by molar-refractivity contribution is 0.458. The monoisotopic (exact) mass is 246 g/mol. The molecule has 2 heteroatoms. The third-order valence-electron chi connectivity index (χ3n) is 3.97. The maximum absolute atomic E-state index is 5.67. The molecule has 3 N–H and O–H groups in total. The van der Waals surface area contributed by atoms with Gasteiger partial charge in [0.25, 0.3) is 0 Å². The Labute approximate surface area is 111 Å². The predicted molar refractivity (Wildman–Crippen MR) is 77.5 cm³/mol. The Bertz CT molecular complexity index is 341. The zero-order valence-corrected chi connectivity index (χ0v) is 11.3. The lowest BCUT2D eigenvalue weighted by atomic mass is 10.0. The summed E-state index contributed by atoms with van der Waals surface area (Å²) in [4.78, 5) is 0. The molecule has 0 radical (unpaired) electrons. The highest BCUT2D eigenvalue weighted by Gasteiger charge is 2.11. The Morgan fingerprint density at radius 3 is 2.33 bits per heavy atom. The van der Waals surface area contributed by atoms with Crippen LogP contribution < -0.4 is 11.1 Å². The average Bonchev–Trinajstić information content (AvgIpc) is 2.67. The molecule has 1 saturated carbocycles. The number of hydrogen-bond acceptors (Lipinski definition) is 2. The number of hydrogen-bond donors (Lipinski definition) is 2. The standard InChI is InChI=1S/C16H26N2/c17-12-11-14-7-5-6-8-15(14)13-18-16-9-3-1-2-4-10-16/h5-8,16,18H,1-4,9-13,17H2. The minimum Gasteiger partial charge on any atom is -0.330 e. The lowest BCUT2D eigenvalue weighted by Gasteiger charge is -2.17. The van der Waals surface area contributed by atoms with Gasteiger partial charge in [-0.3, -0.25) is 0 Å². The van der Waals surface area contributed by atoms with Gasteiger partial charge in [0.1, 0.15) is 0 Å². The van der Waals surface area contributed by atoms with E-state index in [-0.39, 0.29) is 0 Å². The molecule has 0 saturated heterocycles. The molecule has 1 fully saturated rings. The molecule has 1 aromatic carbocycles. The number of benzene rings is 1. The van der Waals surface area contributed by atoms with Crippen molar-refractivity contribution in [1.82, 2.24) is 5.32 Å². The minimum atomic E-state index is 0.721. The van der Waals surface area contributed by atoms with E-state index in [1.54, 1.807) is 0 Å². The second-order valence-electron chi connectivity index (χ2n) is 5.38. The van der Waals surface area contributed by atoms with Gasteiger partial charge in [-0.05, 0) is 36.9 Å². The Kier molecular flexibility index (Phi) is 5.69. The van der Waals surface area contributed by atoms with E-state index in [9.17, 15) is 0 Å². The van der Waals surface area contributed by atoms with E-state index in [1.807, 2.05) is 0 Å². The maximum Gasteiger partial charge on any atom is 0.0210 e. The van der Waals surface area contributed by atoms with Crippen molar-refractivity contribution >= 4 is 0 Å². The molecule has 18 heavy (non-hydrogen) atoms. The fourth-order valence-corrected chi connectivity index (χ4v) is 2.87. The van der Waals surface area contributed by atoms with E-state index in [0.29, 0.717) is 0 Å². The average molecular weight is 246 g/mol. The van der Waals surface area contributed by atoms with Crippen molar-refractivity contribution in [1.29, 1.82) is 0 Å². The summed E-state index contributed by atoms with van der Waals surface area (Å²) >= 11 is 0. The van der Waals surface area contributed by atoms with Crippen LogP contribution in [0, 0.1) is 0 Å². The lowest BCUT2D eigenvalue weighted by Crippen LogP contribution is -2.28. The molecule has 1 aromatic rings. The van der Waals surface area contributed by atoms with Crippen LogP contribution in [0.3, 0.4) is 0 Å². The predicted octanol–water partition coefficient (Wildman–Crippen LogP) is 3.00. The van der Waals surface area contributed by atoms with Gasteiger partial charge in [0.05, 0.1) is 0 Å². The smallest absolute Gasteiger partial charge is 0.0210 e. The Morgan fingerprint density at radius 1 is 1.00 bits per heavy atom. The van der Waals surface area contributed by atoms with Gasteiger partial charge >= 0.3 is 0 Å². The topological polar surface area (TPSA) is 38.0 Å². The summed E-state index contributed by atoms with van der Waals surface area (Å²) in [5, 5.41) is 3.74. The van der Waals surface area contributed by atoms with Crippen molar-refractivity contribution in [3.05, 3.63) is 35.4 Å². The molecule has 0 aromatic heterocycles. The maximum atomic E-state index is 5.67. The van der Waals surface area contributed by atoms with Crippen LogP contribution >= 0.6 is 0 Å². The first-order chi connectivity index (χ1) is 8.90. The van der Waals surface area contributed by atoms with E-state index in [1.165, 1.54) is 49.7 Å². The van der Waals surface area contributed by atoms with Gasteiger partial charge < -0.3 is 11.1 Å².